The molecule has 0 spiro atoms. The van der Waals surface area contributed by atoms with Crippen LogP contribution in [0.15, 0.2) is 60.7 Å². The first-order valence-corrected chi connectivity index (χ1v) is 11.9. The molecule has 0 heterocycles. The fraction of sp³-hybridized carbons (Fsp3) is 0.500. The van der Waals surface area contributed by atoms with Gasteiger partial charge in [0, 0.05) is 0 Å². The lowest BCUT2D eigenvalue weighted by Gasteiger charge is -2.32. The first-order chi connectivity index (χ1) is 13.4. The van der Waals surface area contributed by atoms with Gasteiger partial charge in [0.25, 0.3) is 0 Å². The monoisotopic (exact) mass is 382 g/mol. The molecule has 2 aliphatic carbocycles. The van der Waals surface area contributed by atoms with Crippen LogP contribution in [0.4, 0.5) is 0 Å². The van der Waals surface area contributed by atoms with Crippen LogP contribution in [0.1, 0.15) is 64.2 Å². The molecule has 3 heteroatoms. The van der Waals surface area contributed by atoms with Crippen LogP contribution in [0.5, 0.6) is 11.5 Å². The van der Waals surface area contributed by atoms with Crippen molar-refractivity contribution in [2.75, 3.05) is 0 Å². The molecular weight excluding hydrogens is 348 g/mol. The van der Waals surface area contributed by atoms with E-state index in [9.17, 15) is 0 Å². The van der Waals surface area contributed by atoms with Crippen LogP contribution in [-0.4, -0.2) is 10.0 Å². The summed E-state index contributed by atoms with van der Waals surface area (Å²) in [4.78, 5) is 0. The van der Waals surface area contributed by atoms with E-state index in [1.54, 1.807) is 25.7 Å². The molecule has 0 saturated heterocycles. The van der Waals surface area contributed by atoms with Crippen molar-refractivity contribution in [2.24, 2.45) is 11.8 Å². The van der Waals surface area contributed by atoms with Crippen LogP contribution >= 0.6 is 0 Å². The largest absolute Gasteiger partial charge is 0.516 e. The van der Waals surface area contributed by atoms with E-state index in [1.807, 2.05) is 60.7 Å². The minimum Gasteiger partial charge on any atom is -0.516 e. The van der Waals surface area contributed by atoms with E-state index in [-0.39, 0.29) is 0 Å². The molecule has 0 amide bonds. The molecule has 2 nitrogen and oxygen atoms in total. The number of rotatable bonds is 5. The molecule has 2 aromatic rings. The summed E-state index contributed by atoms with van der Waals surface area (Å²) < 4.78 is 11.1. The van der Waals surface area contributed by atoms with Gasteiger partial charge in [-0.15, -0.1) is 0 Å². The van der Waals surface area contributed by atoms with Gasteiger partial charge in [-0.2, -0.15) is 0 Å². The van der Waals surface area contributed by atoms with Crippen LogP contribution in [0, 0.1) is 11.8 Å². The van der Waals surface area contributed by atoms with Gasteiger partial charge in [-0.25, -0.2) is 0 Å². The lowest BCUT2D eigenvalue weighted by Crippen LogP contribution is -2.20. The van der Waals surface area contributed by atoms with Crippen LogP contribution in [0.3, 0.4) is 0 Å². The van der Waals surface area contributed by atoms with Crippen LogP contribution in [0.2, 0.25) is 0 Å². The van der Waals surface area contributed by atoms with E-state index in [4.69, 9.17) is 8.85 Å². The Balaban J connectivity index is 0.000000159. The highest BCUT2D eigenvalue weighted by Gasteiger charge is 2.24. The van der Waals surface area contributed by atoms with Crippen LogP contribution < -0.4 is 8.85 Å². The highest BCUT2D eigenvalue weighted by molar-refractivity contribution is 6.20. The standard InChI is InChI=1S/C12H12O2Si.C12H22/c1-3-7-11(8-4-1)13-15-14-12-9-5-2-6-10-12;1-3-7-11(8-4-1)12-9-5-2-6-10-12/h1-10H,15H2;11-12H,1-10H2. The van der Waals surface area contributed by atoms with Gasteiger partial charge in [0.05, 0.1) is 0 Å². The van der Waals surface area contributed by atoms with Gasteiger partial charge >= 0.3 is 10.0 Å². The minimum absolute atomic E-state index is 0.875. The first-order valence-electron chi connectivity index (χ1n) is 10.8. The maximum absolute atomic E-state index is 5.53. The fourth-order valence-electron chi connectivity index (χ4n) is 4.41. The van der Waals surface area contributed by atoms with Gasteiger partial charge < -0.3 is 8.85 Å². The Morgan fingerprint density at radius 1 is 0.519 bits per heavy atom. The van der Waals surface area contributed by atoms with E-state index in [1.165, 1.54) is 38.5 Å². The average molecular weight is 383 g/mol. The number of hydrogen-bond donors (Lipinski definition) is 0. The highest BCUT2D eigenvalue weighted by atomic mass is 28.3. The van der Waals surface area contributed by atoms with Crippen molar-refractivity contribution in [2.45, 2.75) is 64.2 Å². The Morgan fingerprint density at radius 3 is 1.26 bits per heavy atom. The van der Waals surface area contributed by atoms with E-state index in [0.29, 0.717) is 0 Å². The Labute approximate surface area is 167 Å². The molecule has 0 aromatic heterocycles. The molecule has 27 heavy (non-hydrogen) atoms. The third kappa shape index (κ3) is 7.41. The van der Waals surface area contributed by atoms with Crippen LogP contribution in [0.25, 0.3) is 0 Å². The zero-order valence-corrected chi connectivity index (χ0v) is 17.9. The summed E-state index contributed by atoms with van der Waals surface area (Å²) in [6, 6.07) is 19.5. The van der Waals surface area contributed by atoms with E-state index >= 15 is 0 Å². The van der Waals surface area contributed by atoms with Crippen molar-refractivity contribution in [1.82, 2.24) is 0 Å². The van der Waals surface area contributed by atoms with Crippen molar-refractivity contribution in [3.63, 3.8) is 0 Å². The van der Waals surface area contributed by atoms with E-state index < -0.39 is 10.0 Å². The van der Waals surface area contributed by atoms with Crippen LogP contribution in [-0.2, 0) is 0 Å². The second kappa shape index (κ2) is 11.9. The van der Waals surface area contributed by atoms with Crippen molar-refractivity contribution >= 4 is 10.0 Å². The normalized spacial score (nSPS) is 18.2. The van der Waals surface area contributed by atoms with Gasteiger partial charge in [0.1, 0.15) is 11.5 Å². The number of benzene rings is 2. The third-order valence-corrected chi connectivity index (χ3v) is 6.81. The summed E-state index contributed by atoms with van der Waals surface area (Å²) >= 11 is 0. The van der Waals surface area contributed by atoms with Crippen molar-refractivity contribution < 1.29 is 8.85 Å². The predicted octanol–water partition coefficient (Wildman–Crippen LogP) is 6.29. The average Bonchev–Trinajstić information content (AvgIpc) is 2.77. The lowest BCUT2D eigenvalue weighted by atomic mass is 9.73. The minimum atomic E-state index is -0.985. The van der Waals surface area contributed by atoms with Crippen molar-refractivity contribution in [3.8, 4) is 11.5 Å². The maximum atomic E-state index is 5.53. The smallest absolute Gasteiger partial charge is 0.427 e. The molecule has 0 aliphatic heterocycles. The SMILES string of the molecule is C1CCC(C2CCCCC2)CC1.c1ccc(O[SiH2]Oc2ccccc2)cc1. The number of hydrogen-bond acceptors (Lipinski definition) is 2. The third-order valence-electron chi connectivity index (χ3n) is 5.90. The first kappa shape index (κ1) is 20.0. The second-order valence-corrected chi connectivity index (χ2v) is 8.64. The Morgan fingerprint density at radius 2 is 0.889 bits per heavy atom. The summed E-state index contributed by atoms with van der Waals surface area (Å²) in [5.74, 6) is 4.03. The molecule has 0 unspecified atom stereocenters. The van der Waals surface area contributed by atoms with Gasteiger partial charge in [-0.05, 0) is 36.1 Å². The summed E-state index contributed by atoms with van der Waals surface area (Å²) in [6.45, 7) is 0. The summed E-state index contributed by atoms with van der Waals surface area (Å²) in [7, 11) is -0.985. The van der Waals surface area contributed by atoms with Gasteiger partial charge in [-0.1, -0.05) is 101 Å². The number of para-hydroxylation sites is 2. The van der Waals surface area contributed by atoms with Crippen molar-refractivity contribution in [1.29, 1.82) is 0 Å². The molecule has 4 rings (SSSR count). The zero-order chi connectivity index (χ0) is 18.6. The van der Waals surface area contributed by atoms with Gasteiger partial charge in [0.2, 0.25) is 0 Å². The summed E-state index contributed by atoms with van der Waals surface area (Å²) in [5.41, 5.74) is 0. The second-order valence-electron chi connectivity index (χ2n) is 7.83. The molecule has 2 aromatic carbocycles. The Bertz CT molecular complexity index is 549. The lowest BCUT2D eigenvalue weighted by molar-refractivity contribution is 0.196. The van der Waals surface area contributed by atoms with Crippen molar-refractivity contribution in [3.05, 3.63) is 60.7 Å². The molecular formula is C24H34O2Si. The summed E-state index contributed by atoms with van der Waals surface area (Å²) in [5, 5.41) is 0. The van der Waals surface area contributed by atoms with E-state index in [2.05, 4.69) is 0 Å². The molecule has 0 N–H and O–H groups in total. The topological polar surface area (TPSA) is 18.5 Å². The zero-order valence-electron chi connectivity index (χ0n) is 16.5. The highest BCUT2D eigenvalue weighted by Crippen LogP contribution is 2.37. The maximum Gasteiger partial charge on any atom is 0.427 e. The molecule has 2 aliphatic rings. The Kier molecular flexibility index (Phi) is 8.79. The van der Waals surface area contributed by atoms with E-state index in [0.717, 1.165) is 23.3 Å². The molecule has 0 bridgehead atoms. The summed E-state index contributed by atoms with van der Waals surface area (Å²) in [6.07, 6.45) is 15.4. The molecule has 0 radical (unpaired) electrons. The predicted molar refractivity (Wildman–Crippen MR) is 116 cm³/mol. The molecule has 0 atom stereocenters. The van der Waals surface area contributed by atoms with Gasteiger partial charge in [-0.3, -0.25) is 0 Å². The molecule has 2 saturated carbocycles. The van der Waals surface area contributed by atoms with Gasteiger partial charge in [0.15, 0.2) is 0 Å². The Hall–Kier alpha value is -1.74. The fourth-order valence-corrected chi connectivity index (χ4v) is 5.13. The molecule has 2 fully saturated rings. The quantitative estimate of drug-likeness (QED) is 0.566. The molecule has 146 valence electrons.